The molecule has 1 nitrogen and oxygen atoms in total. The average molecular weight is 278 g/mol. The van der Waals surface area contributed by atoms with Crippen LogP contribution in [0.1, 0.15) is 20.8 Å². The standard InChI is InChI=1S/C5H9N.Pt/c1-5(2,3)6-4;/h1-3H3;. The summed E-state index contributed by atoms with van der Waals surface area (Å²) in [4.78, 5) is 3.27. The fraction of sp³-hybridized carbons (Fsp3) is 0.800. The van der Waals surface area contributed by atoms with Gasteiger partial charge in [0.1, 0.15) is 0 Å². The minimum Gasteiger partial charge on any atom is -0.311 e. The maximum Gasteiger partial charge on any atom is 0.224 e. The summed E-state index contributed by atoms with van der Waals surface area (Å²) in [5.41, 5.74) is -0.167. The van der Waals surface area contributed by atoms with Gasteiger partial charge in [-0.25, -0.2) is 6.57 Å². The van der Waals surface area contributed by atoms with E-state index in [1.54, 1.807) is 0 Å². The fourth-order valence-electron chi connectivity index (χ4n) is 0. The number of rotatable bonds is 0. The van der Waals surface area contributed by atoms with Crippen LogP contribution in [0.3, 0.4) is 0 Å². The van der Waals surface area contributed by atoms with E-state index in [4.69, 9.17) is 6.57 Å². The van der Waals surface area contributed by atoms with Gasteiger partial charge in [-0.3, -0.25) is 0 Å². The maximum absolute atomic E-state index is 6.48. The van der Waals surface area contributed by atoms with Crippen molar-refractivity contribution < 1.29 is 21.1 Å². The molecule has 0 aromatic heterocycles. The quantitative estimate of drug-likeness (QED) is 0.594. The smallest absolute Gasteiger partial charge is 0.224 e. The molecule has 0 aromatic rings. The van der Waals surface area contributed by atoms with Crippen molar-refractivity contribution in [2.75, 3.05) is 0 Å². The van der Waals surface area contributed by atoms with Gasteiger partial charge in [0.2, 0.25) is 5.54 Å². The van der Waals surface area contributed by atoms with E-state index in [0.717, 1.165) is 0 Å². The van der Waals surface area contributed by atoms with Gasteiger partial charge in [-0.05, 0) is 0 Å². The molecule has 0 atom stereocenters. The summed E-state index contributed by atoms with van der Waals surface area (Å²) in [6, 6.07) is 0. The molecule has 44 valence electrons. The van der Waals surface area contributed by atoms with Crippen molar-refractivity contribution in [2.45, 2.75) is 26.3 Å². The Morgan fingerprint density at radius 1 is 1.29 bits per heavy atom. The Morgan fingerprint density at radius 2 is 1.43 bits per heavy atom. The molecular formula is C5H9NPt. The zero-order valence-corrected chi connectivity index (χ0v) is 7.04. The molecular weight excluding hydrogens is 269 g/mol. The van der Waals surface area contributed by atoms with Crippen LogP contribution in [-0.2, 0) is 21.1 Å². The van der Waals surface area contributed by atoms with Crippen molar-refractivity contribution in [1.29, 1.82) is 0 Å². The van der Waals surface area contributed by atoms with Gasteiger partial charge in [0.15, 0.2) is 0 Å². The second-order valence-corrected chi connectivity index (χ2v) is 2.28. The molecule has 0 bridgehead atoms. The number of hydrogen-bond acceptors (Lipinski definition) is 0. The predicted octanol–water partition coefficient (Wildman–Crippen LogP) is 1.70. The first-order valence-corrected chi connectivity index (χ1v) is 1.95. The molecule has 0 radical (unpaired) electrons. The van der Waals surface area contributed by atoms with Crippen molar-refractivity contribution in [3.63, 3.8) is 0 Å². The van der Waals surface area contributed by atoms with Crippen LogP contribution in [0.25, 0.3) is 4.85 Å². The van der Waals surface area contributed by atoms with E-state index in [9.17, 15) is 0 Å². The van der Waals surface area contributed by atoms with Gasteiger partial charge >= 0.3 is 0 Å². The van der Waals surface area contributed by atoms with Gasteiger partial charge in [-0.15, -0.1) is 0 Å². The molecule has 0 spiro atoms. The van der Waals surface area contributed by atoms with Gasteiger partial charge in [0.05, 0.1) is 0 Å². The van der Waals surface area contributed by atoms with Crippen LogP contribution in [0.2, 0.25) is 0 Å². The summed E-state index contributed by atoms with van der Waals surface area (Å²) in [6.07, 6.45) is 0. The van der Waals surface area contributed by atoms with E-state index >= 15 is 0 Å². The average Bonchev–Trinajstić information content (AvgIpc) is 1.35. The zero-order valence-electron chi connectivity index (χ0n) is 4.76. The van der Waals surface area contributed by atoms with E-state index in [-0.39, 0.29) is 26.6 Å². The van der Waals surface area contributed by atoms with Crippen molar-refractivity contribution in [3.05, 3.63) is 11.4 Å². The third-order valence-electron chi connectivity index (χ3n) is 0.335. The summed E-state index contributed by atoms with van der Waals surface area (Å²) >= 11 is 0. The summed E-state index contributed by atoms with van der Waals surface area (Å²) < 4.78 is 0. The third kappa shape index (κ3) is 10.7. The SMILES string of the molecule is [C-]#[N+]C(C)(C)C.[Pt]. The topological polar surface area (TPSA) is 4.36 Å². The molecule has 0 amide bonds. The molecule has 0 saturated heterocycles. The Hall–Kier alpha value is 0.178. The van der Waals surface area contributed by atoms with Crippen LogP contribution < -0.4 is 0 Å². The van der Waals surface area contributed by atoms with Crippen molar-refractivity contribution >= 4 is 0 Å². The minimum absolute atomic E-state index is 0. The number of nitrogens with zero attached hydrogens (tertiary/aromatic N) is 1. The maximum atomic E-state index is 6.48. The first-order chi connectivity index (χ1) is 2.56. The summed E-state index contributed by atoms with van der Waals surface area (Å²) in [6.45, 7) is 12.1. The minimum atomic E-state index is -0.167. The molecule has 0 aliphatic rings. The normalized spacial score (nSPS) is 8.86. The third-order valence-corrected chi connectivity index (χ3v) is 0.335. The Kier molecular flexibility index (Phi) is 4.69. The first-order valence-electron chi connectivity index (χ1n) is 1.95. The molecule has 2 heteroatoms. The van der Waals surface area contributed by atoms with Gasteiger partial charge < -0.3 is 4.85 Å². The molecule has 0 aliphatic carbocycles. The van der Waals surface area contributed by atoms with Crippen molar-refractivity contribution in [3.8, 4) is 0 Å². The summed E-state index contributed by atoms with van der Waals surface area (Å²) in [7, 11) is 0. The van der Waals surface area contributed by atoms with Crippen LogP contribution in [0.15, 0.2) is 0 Å². The van der Waals surface area contributed by atoms with E-state index in [1.165, 1.54) is 0 Å². The Balaban J connectivity index is 0. The van der Waals surface area contributed by atoms with E-state index in [2.05, 4.69) is 4.85 Å². The zero-order chi connectivity index (χ0) is 5.21. The van der Waals surface area contributed by atoms with Gasteiger partial charge in [-0.1, -0.05) is 0 Å². The van der Waals surface area contributed by atoms with Crippen LogP contribution in [0.5, 0.6) is 0 Å². The largest absolute Gasteiger partial charge is 0.311 e. The van der Waals surface area contributed by atoms with E-state index in [0.29, 0.717) is 0 Å². The van der Waals surface area contributed by atoms with Crippen molar-refractivity contribution in [2.24, 2.45) is 0 Å². The monoisotopic (exact) mass is 278 g/mol. The Morgan fingerprint density at radius 3 is 1.43 bits per heavy atom. The van der Waals surface area contributed by atoms with E-state index in [1.807, 2.05) is 20.8 Å². The van der Waals surface area contributed by atoms with Crippen LogP contribution in [0, 0.1) is 6.57 Å². The molecule has 0 N–H and O–H groups in total. The van der Waals surface area contributed by atoms with Crippen LogP contribution in [0.4, 0.5) is 0 Å². The van der Waals surface area contributed by atoms with Gasteiger partial charge in [0.25, 0.3) is 0 Å². The Labute approximate surface area is 59.2 Å². The molecule has 0 rings (SSSR count). The van der Waals surface area contributed by atoms with Crippen LogP contribution in [-0.4, -0.2) is 5.54 Å². The predicted molar refractivity (Wildman–Crippen MR) is 26.4 cm³/mol. The fourth-order valence-corrected chi connectivity index (χ4v) is 0. The summed E-state index contributed by atoms with van der Waals surface area (Å²) in [5.74, 6) is 0. The van der Waals surface area contributed by atoms with E-state index < -0.39 is 0 Å². The van der Waals surface area contributed by atoms with Crippen molar-refractivity contribution in [1.82, 2.24) is 0 Å². The molecule has 0 heterocycles. The molecule has 0 aliphatic heterocycles. The second kappa shape index (κ2) is 3.22. The molecule has 0 aromatic carbocycles. The summed E-state index contributed by atoms with van der Waals surface area (Å²) in [5, 5.41) is 0. The molecule has 0 saturated carbocycles. The molecule has 0 unspecified atom stereocenters. The molecule has 0 fully saturated rings. The van der Waals surface area contributed by atoms with Gasteiger partial charge in [-0.2, -0.15) is 0 Å². The second-order valence-electron chi connectivity index (χ2n) is 2.28. The van der Waals surface area contributed by atoms with Crippen LogP contribution >= 0.6 is 0 Å². The Bertz CT molecular complexity index is 75.1. The van der Waals surface area contributed by atoms with Gasteiger partial charge in [0, 0.05) is 41.8 Å². The molecule has 7 heavy (non-hydrogen) atoms. The first kappa shape index (κ1) is 10.2. The number of hydrogen-bond donors (Lipinski definition) is 0.